The van der Waals surface area contributed by atoms with E-state index in [2.05, 4.69) is 18.8 Å². The van der Waals surface area contributed by atoms with Crippen molar-refractivity contribution in [3.8, 4) is 0 Å². The number of fused-ring (bicyclic) bond motifs is 1. The van der Waals surface area contributed by atoms with Gasteiger partial charge >= 0.3 is 0 Å². The highest BCUT2D eigenvalue weighted by Crippen LogP contribution is 2.43. The second-order valence-corrected chi connectivity index (χ2v) is 7.18. The predicted octanol–water partition coefficient (Wildman–Crippen LogP) is 5.33. The van der Waals surface area contributed by atoms with Gasteiger partial charge in [-0.05, 0) is 47.4 Å². The van der Waals surface area contributed by atoms with Gasteiger partial charge in [0.15, 0.2) is 0 Å². The Kier molecular flexibility index (Phi) is 4.78. The van der Waals surface area contributed by atoms with Crippen molar-refractivity contribution < 1.29 is 9.18 Å². The molecule has 0 unspecified atom stereocenters. The van der Waals surface area contributed by atoms with Crippen LogP contribution in [-0.4, -0.2) is 10.9 Å². The molecule has 28 heavy (non-hydrogen) atoms. The first kappa shape index (κ1) is 18.1. The van der Waals surface area contributed by atoms with Crippen molar-refractivity contribution in [2.75, 3.05) is 4.90 Å². The van der Waals surface area contributed by atoms with Crippen molar-refractivity contribution >= 4 is 22.7 Å². The SMILES string of the molecule is CC(C)C(=C1C(=O)N(Cc2ccccn2)c2ccccc21)c1ccc(F)cc1. The first-order valence-electron chi connectivity index (χ1n) is 9.37. The lowest BCUT2D eigenvalue weighted by Crippen LogP contribution is -2.26. The minimum atomic E-state index is -0.285. The average molecular weight is 372 g/mol. The van der Waals surface area contributed by atoms with Crippen molar-refractivity contribution in [2.24, 2.45) is 5.92 Å². The van der Waals surface area contributed by atoms with Gasteiger partial charge in [-0.1, -0.05) is 50.2 Å². The summed E-state index contributed by atoms with van der Waals surface area (Å²) in [6.45, 7) is 4.53. The molecule has 0 radical (unpaired) electrons. The Hall–Kier alpha value is -3.27. The van der Waals surface area contributed by atoms with Crippen LogP contribution in [0.4, 0.5) is 10.1 Å². The van der Waals surface area contributed by atoms with E-state index in [1.807, 2.05) is 42.5 Å². The van der Waals surface area contributed by atoms with Crippen molar-refractivity contribution in [3.05, 3.63) is 95.6 Å². The lowest BCUT2D eigenvalue weighted by molar-refractivity contribution is -0.113. The van der Waals surface area contributed by atoms with E-state index in [4.69, 9.17) is 0 Å². The zero-order valence-electron chi connectivity index (χ0n) is 15.9. The van der Waals surface area contributed by atoms with E-state index < -0.39 is 0 Å². The van der Waals surface area contributed by atoms with Gasteiger partial charge in [0.05, 0.1) is 23.5 Å². The largest absolute Gasteiger partial charge is 0.302 e. The van der Waals surface area contributed by atoms with Crippen LogP contribution in [0, 0.1) is 11.7 Å². The number of benzene rings is 2. The maximum Gasteiger partial charge on any atom is 0.259 e. The topological polar surface area (TPSA) is 33.2 Å². The Morgan fingerprint density at radius 2 is 1.71 bits per heavy atom. The van der Waals surface area contributed by atoms with Gasteiger partial charge in [-0.2, -0.15) is 0 Å². The lowest BCUT2D eigenvalue weighted by Gasteiger charge is -2.18. The maximum absolute atomic E-state index is 13.5. The number of amides is 1. The van der Waals surface area contributed by atoms with Crippen LogP contribution < -0.4 is 4.90 Å². The summed E-state index contributed by atoms with van der Waals surface area (Å²) in [7, 11) is 0. The highest BCUT2D eigenvalue weighted by atomic mass is 19.1. The molecule has 0 N–H and O–H groups in total. The molecule has 0 atom stereocenters. The fraction of sp³-hybridized carbons (Fsp3) is 0.167. The fourth-order valence-corrected chi connectivity index (χ4v) is 3.75. The molecule has 2 heterocycles. The summed E-state index contributed by atoms with van der Waals surface area (Å²) >= 11 is 0. The summed E-state index contributed by atoms with van der Waals surface area (Å²) in [6, 6.07) is 19.9. The number of nitrogens with zero attached hydrogens (tertiary/aromatic N) is 2. The smallest absolute Gasteiger partial charge is 0.259 e. The standard InChI is InChI=1S/C24H21FN2O/c1-16(2)22(17-10-12-18(25)13-11-17)23-20-8-3-4-9-21(20)27(24(23)28)15-19-7-5-6-14-26-19/h3-14,16H,15H2,1-2H3. The molecule has 3 aromatic rings. The Morgan fingerprint density at radius 3 is 2.39 bits per heavy atom. The van der Waals surface area contributed by atoms with Crippen LogP contribution in [-0.2, 0) is 11.3 Å². The van der Waals surface area contributed by atoms with E-state index in [0.717, 1.165) is 28.1 Å². The minimum absolute atomic E-state index is 0.0418. The highest BCUT2D eigenvalue weighted by molar-refractivity contribution is 6.37. The summed E-state index contributed by atoms with van der Waals surface area (Å²) in [4.78, 5) is 19.7. The molecule has 1 aliphatic heterocycles. The third kappa shape index (κ3) is 3.22. The van der Waals surface area contributed by atoms with Gasteiger partial charge in [0.25, 0.3) is 5.91 Å². The number of halogens is 1. The maximum atomic E-state index is 13.5. The van der Waals surface area contributed by atoms with Crippen LogP contribution >= 0.6 is 0 Å². The number of carbonyl (C=O) groups excluding carboxylic acids is 1. The van der Waals surface area contributed by atoms with Crippen LogP contribution in [0.5, 0.6) is 0 Å². The van der Waals surface area contributed by atoms with E-state index >= 15 is 0 Å². The number of para-hydroxylation sites is 1. The van der Waals surface area contributed by atoms with E-state index in [1.54, 1.807) is 23.2 Å². The number of carbonyl (C=O) groups is 1. The zero-order chi connectivity index (χ0) is 19.7. The summed E-state index contributed by atoms with van der Waals surface area (Å²) in [5.41, 5.74) is 5.12. The molecule has 0 saturated heterocycles. The molecule has 140 valence electrons. The molecule has 0 saturated carbocycles. The number of anilines is 1. The number of hydrogen-bond acceptors (Lipinski definition) is 2. The number of aromatic nitrogens is 1. The van der Waals surface area contributed by atoms with Crippen molar-refractivity contribution in [1.82, 2.24) is 4.98 Å². The molecule has 0 fully saturated rings. The van der Waals surface area contributed by atoms with E-state index in [1.165, 1.54) is 12.1 Å². The van der Waals surface area contributed by atoms with Crippen LogP contribution in [0.15, 0.2) is 72.9 Å². The van der Waals surface area contributed by atoms with Crippen molar-refractivity contribution in [2.45, 2.75) is 20.4 Å². The van der Waals surface area contributed by atoms with Gasteiger partial charge in [0.1, 0.15) is 5.82 Å². The summed E-state index contributed by atoms with van der Waals surface area (Å²) in [6.07, 6.45) is 1.73. The van der Waals surface area contributed by atoms with E-state index in [-0.39, 0.29) is 17.6 Å². The van der Waals surface area contributed by atoms with Gasteiger partial charge in [0.2, 0.25) is 0 Å². The lowest BCUT2D eigenvalue weighted by atomic mass is 9.88. The van der Waals surface area contributed by atoms with Gasteiger partial charge in [-0.3, -0.25) is 9.78 Å². The van der Waals surface area contributed by atoms with E-state index in [0.29, 0.717) is 12.1 Å². The molecular formula is C24H21FN2O. The Labute approximate surface area is 164 Å². The number of rotatable bonds is 4. The Bertz CT molecular complexity index is 1040. The highest BCUT2D eigenvalue weighted by Gasteiger charge is 2.35. The van der Waals surface area contributed by atoms with Gasteiger partial charge in [0, 0.05) is 11.8 Å². The predicted molar refractivity (Wildman–Crippen MR) is 110 cm³/mol. The first-order chi connectivity index (χ1) is 13.6. The van der Waals surface area contributed by atoms with Crippen LogP contribution in [0.1, 0.15) is 30.7 Å². The summed E-state index contributed by atoms with van der Waals surface area (Å²) < 4.78 is 13.5. The number of pyridine rings is 1. The van der Waals surface area contributed by atoms with Crippen LogP contribution in [0.3, 0.4) is 0 Å². The molecule has 0 bridgehead atoms. The minimum Gasteiger partial charge on any atom is -0.302 e. The molecule has 1 aliphatic rings. The number of allylic oxidation sites excluding steroid dienone is 1. The molecule has 4 rings (SSSR count). The zero-order valence-corrected chi connectivity index (χ0v) is 15.9. The molecule has 4 heteroatoms. The molecular weight excluding hydrogens is 351 g/mol. The number of hydrogen-bond donors (Lipinski definition) is 0. The second kappa shape index (κ2) is 7.39. The van der Waals surface area contributed by atoms with Gasteiger partial charge in [-0.15, -0.1) is 0 Å². The molecule has 3 nitrogen and oxygen atoms in total. The van der Waals surface area contributed by atoms with Gasteiger partial charge < -0.3 is 4.90 Å². The normalized spacial score (nSPS) is 15.1. The molecule has 0 spiro atoms. The second-order valence-electron chi connectivity index (χ2n) is 7.18. The third-order valence-corrected chi connectivity index (χ3v) is 4.97. The Balaban J connectivity index is 1.87. The fourth-order valence-electron chi connectivity index (χ4n) is 3.75. The van der Waals surface area contributed by atoms with Crippen LogP contribution in [0.2, 0.25) is 0 Å². The molecule has 0 aliphatic carbocycles. The van der Waals surface area contributed by atoms with Crippen LogP contribution in [0.25, 0.3) is 11.1 Å². The van der Waals surface area contributed by atoms with Crippen molar-refractivity contribution in [1.29, 1.82) is 0 Å². The summed E-state index contributed by atoms with van der Waals surface area (Å²) in [5.74, 6) is -0.223. The quantitative estimate of drug-likeness (QED) is 0.580. The summed E-state index contributed by atoms with van der Waals surface area (Å²) in [5, 5.41) is 0. The molecule has 2 aromatic carbocycles. The molecule has 1 aromatic heterocycles. The average Bonchev–Trinajstić information content (AvgIpc) is 2.97. The van der Waals surface area contributed by atoms with Gasteiger partial charge in [-0.25, -0.2) is 4.39 Å². The monoisotopic (exact) mass is 372 g/mol. The molecule has 1 amide bonds. The van der Waals surface area contributed by atoms with Crippen molar-refractivity contribution in [3.63, 3.8) is 0 Å². The Morgan fingerprint density at radius 1 is 1.00 bits per heavy atom. The van der Waals surface area contributed by atoms with E-state index in [9.17, 15) is 9.18 Å². The first-order valence-corrected chi connectivity index (χ1v) is 9.37. The third-order valence-electron chi connectivity index (χ3n) is 4.97.